The Morgan fingerprint density at radius 1 is 1.36 bits per heavy atom. The first-order chi connectivity index (χ1) is 10.5. The number of amides is 1. The normalized spacial score (nSPS) is 24.0. The molecule has 0 spiro atoms. The number of piperidine rings is 1. The molecule has 0 aromatic heterocycles. The van der Waals surface area contributed by atoms with Crippen LogP contribution in [0.25, 0.3) is 6.08 Å². The van der Waals surface area contributed by atoms with Crippen molar-refractivity contribution in [1.29, 1.82) is 0 Å². The van der Waals surface area contributed by atoms with Crippen molar-refractivity contribution in [2.75, 3.05) is 13.1 Å². The molecule has 2 aliphatic rings. The fraction of sp³-hybridized carbons (Fsp3) is 0.375. The van der Waals surface area contributed by atoms with Gasteiger partial charge in [0.15, 0.2) is 5.17 Å². The lowest BCUT2D eigenvalue weighted by molar-refractivity contribution is -0.113. The smallest absolute Gasteiger partial charge is 0.286 e. The molecule has 6 heteroatoms. The highest BCUT2D eigenvalue weighted by Crippen LogP contribution is 2.33. The highest BCUT2D eigenvalue weighted by molar-refractivity contribution is 8.18. The summed E-state index contributed by atoms with van der Waals surface area (Å²) in [6.07, 6.45) is 4.22. The zero-order chi connectivity index (χ0) is 15.7. The Hall–Kier alpha value is -0.970. The minimum absolute atomic E-state index is 0.177. The van der Waals surface area contributed by atoms with Gasteiger partial charge in [0.1, 0.15) is 0 Å². The van der Waals surface area contributed by atoms with Crippen LogP contribution in [0.3, 0.4) is 0 Å². The minimum atomic E-state index is -0.177. The summed E-state index contributed by atoms with van der Waals surface area (Å²) in [6.45, 7) is 4.18. The Balaban J connectivity index is 1.76. The summed E-state index contributed by atoms with van der Waals surface area (Å²) >= 11 is 13.4. The molecule has 0 aliphatic carbocycles. The second kappa shape index (κ2) is 6.65. The molecule has 2 heterocycles. The SMILES string of the molecule is CC1CCCN(C2=NC(=O)C(=Cc3ccc(Cl)c(Cl)c3)S2)C1. The number of rotatable bonds is 1. The molecule has 1 unspecified atom stereocenters. The fourth-order valence-corrected chi connectivity index (χ4v) is 3.90. The number of hydrogen-bond acceptors (Lipinski definition) is 3. The number of carbonyl (C=O) groups is 1. The number of carbonyl (C=O) groups excluding carboxylic acids is 1. The maximum absolute atomic E-state index is 12.1. The molecule has 1 saturated heterocycles. The summed E-state index contributed by atoms with van der Waals surface area (Å²) in [6, 6.07) is 5.33. The molecule has 1 atom stereocenters. The topological polar surface area (TPSA) is 32.7 Å². The number of aliphatic imine (C=N–C) groups is 1. The van der Waals surface area contributed by atoms with Crippen molar-refractivity contribution in [2.45, 2.75) is 19.8 Å². The Labute approximate surface area is 144 Å². The summed E-state index contributed by atoms with van der Waals surface area (Å²) in [7, 11) is 0. The number of halogens is 2. The number of thioether (sulfide) groups is 1. The largest absolute Gasteiger partial charge is 0.351 e. The Morgan fingerprint density at radius 3 is 2.91 bits per heavy atom. The average molecular weight is 355 g/mol. The first-order valence-electron chi connectivity index (χ1n) is 7.25. The molecular weight excluding hydrogens is 339 g/mol. The van der Waals surface area contributed by atoms with E-state index in [1.54, 1.807) is 12.1 Å². The molecule has 0 bridgehead atoms. The minimum Gasteiger partial charge on any atom is -0.351 e. The summed E-state index contributed by atoms with van der Waals surface area (Å²) in [4.78, 5) is 19.2. The lowest BCUT2D eigenvalue weighted by Gasteiger charge is -2.31. The summed E-state index contributed by atoms with van der Waals surface area (Å²) in [5.41, 5.74) is 0.855. The van der Waals surface area contributed by atoms with Gasteiger partial charge in [-0.2, -0.15) is 4.99 Å². The molecule has 1 aromatic carbocycles. The van der Waals surface area contributed by atoms with Crippen molar-refractivity contribution in [3.8, 4) is 0 Å². The molecule has 3 nitrogen and oxygen atoms in total. The zero-order valence-electron chi connectivity index (χ0n) is 12.2. The van der Waals surface area contributed by atoms with Crippen LogP contribution < -0.4 is 0 Å². The van der Waals surface area contributed by atoms with E-state index in [2.05, 4.69) is 16.8 Å². The third-order valence-electron chi connectivity index (χ3n) is 3.78. The molecule has 2 aliphatic heterocycles. The van der Waals surface area contributed by atoms with Crippen LogP contribution in [0.15, 0.2) is 28.1 Å². The number of nitrogens with zero attached hydrogens (tertiary/aromatic N) is 2. The molecule has 1 aromatic rings. The van der Waals surface area contributed by atoms with E-state index in [4.69, 9.17) is 23.2 Å². The van der Waals surface area contributed by atoms with Gasteiger partial charge >= 0.3 is 0 Å². The summed E-state index contributed by atoms with van der Waals surface area (Å²) < 4.78 is 0. The van der Waals surface area contributed by atoms with Crippen LogP contribution in [-0.4, -0.2) is 29.1 Å². The zero-order valence-corrected chi connectivity index (χ0v) is 14.5. The molecule has 0 N–H and O–H groups in total. The van der Waals surface area contributed by atoms with Crippen molar-refractivity contribution in [3.05, 3.63) is 38.7 Å². The van der Waals surface area contributed by atoms with E-state index in [1.807, 2.05) is 12.1 Å². The van der Waals surface area contributed by atoms with E-state index < -0.39 is 0 Å². The van der Waals surface area contributed by atoms with Gasteiger partial charge in [-0.1, -0.05) is 36.2 Å². The first kappa shape index (κ1) is 15.9. The third-order valence-corrected chi connectivity index (χ3v) is 5.56. The van der Waals surface area contributed by atoms with Crippen molar-refractivity contribution >= 4 is 52.1 Å². The van der Waals surface area contributed by atoms with Gasteiger partial charge in [-0.05, 0) is 54.3 Å². The van der Waals surface area contributed by atoms with E-state index in [9.17, 15) is 4.79 Å². The van der Waals surface area contributed by atoms with Gasteiger partial charge in [0.25, 0.3) is 5.91 Å². The Bertz CT molecular complexity index is 672. The summed E-state index contributed by atoms with van der Waals surface area (Å²) in [5.74, 6) is 0.472. The predicted molar refractivity (Wildman–Crippen MR) is 94.4 cm³/mol. The van der Waals surface area contributed by atoms with Crippen molar-refractivity contribution in [1.82, 2.24) is 4.90 Å². The number of amidine groups is 1. The molecule has 1 amide bonds. The van der Waals surface area contributed by atoms with Gasteiger partial charge in [0.05, 0.1) is 15.0 Å². The quantitative estimate of drug-likeness (QED) is 0.685. The highest BCUT2D eigenvalue weighted by Gasteiger charge is 2.28. The number of benzene rings is 1. The van der Waals surface area contributed by atoms with E-state index in [0.29, 0.717) is 20.9 Å². The van der Waals surface area contributed by atoms with E-state index in [-0.39, 0.29) is 5.91 Å². The van der Waals surface area contributed by atoms with E-state index in [0.717, 1.165) is 30.2 Å². The average Bonchev–Trinajstić information content (AvgIpc) is 2.84. The molecule has 3 rings (SSSR count). The van der Waals surface area contributed by atoms with Gasteiger partial charge in [-0.25, -0.2) is 0 Å². The van der Waals surface area contributed by atoms with Crippen molar-refractivity contribution in [3.63, 3.8) is 0 Å². The van der Waals surface area contributed by atoms with Gasteiger partial charge in [0.2, 0.25) is 0 Å². The number of likely N-dealkylation sites (tertiary alicyclic amines) is 1. The van der Waals surface area contributed by atoms with E-state index in [1.165, 1.54) is 18.2 Å². The Kier molecular flexibility index (Phi) is 4.81. The molecule has 0 radical (unpaired) electrons. The molecule has 22 heavy (non-hydrogen) atoms. The summed E-state index contributed by atoms with van der Waals surface area (Å²) in [5, 5.41) is 1.81. The molecule has 1 fully saturated rings. The van der Waals surface area contributed by atoms with Gasteiger partial charge in [-0.3, -0.25) is 4.79 Å². The first-order valence-corrected chi connectivity index (χ1v) is 8.83. The highest BCUT2D eigenvalue weighted by atomic mass is 35.5. The second-order valence-electron chi connectivity index (χ2n) is 5.68. The van der Waals surface area contributed by atoms with Gasteiger partial charge in [0, 0.05) is 13.1 Å². The molecular formula is C16H16Cl2N2OS. The third kappa shape index (κ3) is 3.50. The van der Waals surface area contributed by atoms with Crippen LogP contribution in [0.1, 0.15) is 25.3 Å². The van der Waals surface area contributed by atoms with Crippen LogP contribution in [0.2, 0.25) is 10.0 Å². The second-order valence-corrected chi connectivity index (χ2v) is 7.50. The monoisotopic (exact) mass is 354 g/mol. The van der Waals surface area contributed by atoms with E-state index >= 15 is 0 Å². The van der Waals surface area contributed by atoms with Crippen LogP contribution in [-0.2, 0) is 4.79 Å². The molecule has 0 saturated carbocycles. The standard InChI is InChI=1S/C16H16Cl2N2OS/c1-10-3-2-6-20(9-10)16-19-15(21)14(22-16)8-11-4-5-12(17)13(18)7-11/h4-5,7-8,10H,2-3,6,9H2,1H3. The number of hydrogen-bond donors (Lipinski definition) is 0. The maximum atomic E-state index is 12.1. The van der Waals surface area contributed by atoms with Crippen molar-refractivity contribution in [2.24, 2.45) is 10.9 Å². The maximum Gasteiger partial charge on any atom is 0.286 e. The van der Waals surface area contributed by atoms with Gasteiger partial charge < -0.3 is 4.90 Å². The van der Waals surface area contributed by atoms with Crippen LogP contribution in [0.5, 0.6) is 0 Å². The van der Waals surface area contributed by atoms with Crippen LogP contribution >= 0.6 is 35.0 Å². The van der Waals surface area contributed by atoms with Crippen LogP contribution in [0.4, 0.5) is 0 Å². The predicted octanol–water partition coefficient (Wildman–Crippen LogP) is 4.70. The fourth-order valence-electron chi connectivity index (χ4n) is 2.65. The Morgan fingerprint density at radius 2 is 2.18 bits per heavy atom. The van der Waals surface area contributed by atoms with Crippen molar-refractivity contribution < 1.29 is 4.79 Å². The lowest BCUT2D eigenvalue weighted by Crippen LogP contribution is -2.37. The lowest BCUT2D eigenvalue weighted by atomic mass is 10.0. The van der Waals surface area contributed by atoms with Gasteiger partial charge in [-0.15, -0.1) is 0 Å². The molecule has 116 valence electrons. The van der Waals surface area contributed by atoms with Crippen LogP contribution in [0, 0.1) is 5.92 Å².